The number of rotatable bonds is 9. The number of halogens is 1. The first-order chi connectivity index (χ1) is 18.2. The number of amides is 1. The zero-order valence-corrected chi connectivity index (χ0v) is 20.7. The summed E-state index contributed by atoms with van der Waals surface area (Å²) in [6.07, 6.45) is 3.92. The molecule has 0 aliphatic rings. The molecule has 0 aliphatic carbocycles. The molecule has 0 radical (unpaired) electrons. The van der Waals surface area contributed by atoms with Crippen molar-refractivity contribution in [2.75, 3.05) is 0 Å². The van der Waals surface area contributed by atoms with Gasteiger partial charge in [0.15, 0.2) is 5.16 Å². The molecule has 1 N–H and O–H groups in total. The average Bonchev–Trinajstić information content (AvgIpc) is 3.34. The molecule has 0 saturated carbocycles. The summed E-state index contributed by atoms with van der Waals surface area (Å²) in [5, 5.41) is 12.3. The van der Waals surface area contributed by atoms with Gasteiger partial charge in [-0.15, -0.1) is 10.2 Å². The van der Waals surface area contributed by atoms with E-state index in [1.54, 1.807) is 41.2 Å². The summed E-state index contributed by atoms with van der Waals surface area (Å²) >= 11 is 1.45. The molecule has 8 heteroatoms. The molecule has 0 fully saturated rings. The van der Waals surface area contributed by atoms with Crippen LogP contribution in [0.15, 0.2) is 109 Å². The Hall–Kier alpha value is -4.30. The van der Waals surface area contributed by atoms with Crippen molar-refractivity contribution in [1.82, 2.24) is 25.1 Å². The highest BCUT2D eigenvalue weighted by atomic mass is 32.2. The van der Waals surface area contributed by atoms with Crippen LogP contribution < -0.4 is 5.32 Å². The number of benzene rings is 3. The first kappa shape index (κ1) is 24.4. The third-order valence-electron chi connectivity index (χ3n) is 5.76. The highest BCUT2D eigenvalue weighted by Crippen LogP contribution is 2.28. The molecule has 0 unspecified atom stereocenters. The lowest BCUT2D eigenvalue weighted by atomic mass is 10.1. The van der Waals surface area contributed by atoms with Crippen LogP contribution in [0.25, 0.3) is 5.69 Å². The van der Waals surface area contributed by atoms with Crippen molar-refractivity contribution in [2.24, 2.45) is 0 Å². The van der Waals surface area contributed by atoms with Crippen molar-refractivity contribution >= 4 is 17.7 Å². The van der Waals surface area contributed by atoms with Gasteiger partial charge in [0, 0.05) is 36.7 Å². The van der Waals surface area contributed by atoms with E-state index in [-0.39, 0.29) is 11.7 Å². The van der Waals surface area contributed by atoms with Crippen LogP contribution in [0.2, 0.25) is 0 Å². The van der Waals surface area contributed by atoms with Gasteiger partial charge in [-0.1, -0.05) is 66.4 Å². The number of hydrogen-bond donors (Lipinski definition) is 1. The molecule has 0 saturated heterocycles. The zero-order chi connectivity index (χ0) is 25.5. The number of thioether (sulfide) groups is 1. The molecule has 0 bridgehead atoms. The molecular weight excluding hydrogens is 485 g/mol. The van der Waals surface area contributed by atoms with Gasteiger partial charge in [-0.25, -0.2) is 4.39 Å². The molecule has 184 valence electrons. The Morgan fingerprint density at radius 3 is 2.41 bits per heavy atom. The normalized spacial score (nSPS) is 10.8. The number of carbonyl (C=O) groups excluding carboxylic acids is 1. The standard InChI is InChI=1S/C29H24FN5OS/c30-25-11-4-5-12-26(25)35-27(18-21-7-2-1-3-8-21)33-34-29(35)37-20-23-9-6-10-24(17-23)28(36)32-19-22-13-15-31-16-14-22/h1-17H,18-20H2,(H,32,36). The third-order valence-corrected chi connectivity index (χ3v) is 6.76. The highest BCUT2D eigenvalue weighted by molar-refractivity contribution is 7.98. The highest BCUT2D eigenvalue weighted by Gasteiger charge is 2.18. The molecule has 3 aromatic carbocycles. The Kier molecular flexibility index (Phi) is 7.66. The van der Waals surface area contributed by atoms with Crippen LogP contribution in [-0.4, -0.2) is 25.7 Å². The molecule has 6 nitrogen and oxygen atoms in total. The number of aromatic nitrogens is 4. The van der Waals surface area contributed by atoms with E-state index in [1.807, 2.05) is 60.7 Å². The fourth-order valence-corrected chi connectivity index (χ4v) is 4.80. The second kappa shape index (κ2) is 11.6. The van der Waals surface area contributed by atoms with Crippen LogP contribution >= 0.6 is 11.8 Å². The van der Waals surface area contributed by atoms with Crippen molar-refractivity contribution < 1.29 is 9.18 Å². The smallest absolute Gasteiger partial charge is 0.251 e. The van der Waals surface area contributed by atoms with Gasteiger partial charge >= 0.3 is 0 Å². The maximum atomic E-state index is 14.8. The minimum Gasteiger partial charge on any atom is -0.348 e. The SMILES string of the molecule is O=C(NCc1ccncc1)c1cccc(CSc2nnc(Cc3ccccc3)n2-c2ccccc2F)c1. The second-order valence-electron chi connectivity index (χ2n) is 8.38. The maximum absolute atomic E-state index is 14.8. The summed E-state index contributed by atoms with van der Waals surface area (Å²) in [7, 11) is 0. The monoisotopic (exact) mass is 509 g/mol. The fourth-order valence-electron chi connectivity index (χ4n) is 3.90. The topological polar surface area (TPSA) is 72.7 Å². The van der Waals surface area contributed by atoms with Crippen molar-refractivity contribution in [3.8, 4) is 5.69 Å². The number of pyridine rings is 1. The van der Waals surface area contributed by atoms with Crippen LogP contribution in [0.1, 0.15) is 32.9 Å². The first-order valence-corrected chi connectivity index (χ1v) is 12.8. The van der Waals surface area contributed by atoms with E-state index in [2.05, 4.69) is 20.5 Å². The number of nitrogens with one attached hydrogen (secondary N) is 1. The second-order valence-corrected chi connectivity index (χ2v) is 9.32. The molecule has 0 spiro atoms. The van der Waals surface area contributed by atoms with E-state index in [0.29, 0.717) is 41.0 Å². The summed E-state index contributed by atoms with van der Waals surface area (Å²) in [5.41, 5.74) is 3.98. The van der Waals surface area contributed by atoms with Crippen LogP contribution in [0, 0.1) is 5.82 Å². The van der Waals surface area contributed by atoms with Gasteiger partial charge in [0.05, 0.1) is 5.69 Å². The van der Waals surface area contributed by atoms with E-state index in [0.717, 1.165) is 16.7 Å². The quantitative estimate of drug-likeness (QED) is 0.261. The fraction of sp³-hybridized carbons (Fsp3) is 0.103. The summed E-state index contributed by atoms with van der Waals surface area (Å²) in [5.74, 6) is 0.710. The van der Waals surface area contributed by atoms with Crippen LogP contribution in [0.3, 0.4) is 0 Å². The molecule has 5 rings (SSSR count). The van der Waals surface area contributed by atoms with Crippen molar-refractivity contribution in [3.05, 3.63) is 137 Å². The summed E-state index contributed by atoms with van der Waals surface area (Å²) < 4.78 is 16.6. The lowest BCUT2D eigenvalue weighted by molar-refractivity contribution is 0.0951. The molecule has 2 aromatic heterocycles. The molecule has 37 heavy (non-hydrogen) atoms. The van der Waals surface area contributed by atoms with Gasteiger partial charge in [0.2, 0.25) is 0 Å². The molecule has 5 aromatic rings. The predicted octanol–water partition coefficient (Wildman–Crippen LogP) is 5.61. The number of nitrogens with zero attached hydrogens (tertiary/aromatic N) is 4. The van der Waals surface area contributed by atoms with Crippen LogP contribution in [-0.2, 0) is 18.7 Å². The van der Waals surface area contributed by atoms with E-state index in [1.165, 1.54) is 17.8 Å². The lowest BCUT2D eigenvalue weighted by Crippen LogP contribution is -2.22. The van der Waals surface area contributed by atoms with Gasteiger partial charge in [0.1, 0.15) is 11.6 Å². The van der Waals surface area contributed by atoms with Gasteiger partial charge in [-0.2, -0.15) is 0 Å². The molecule has 0 atom stereocenters. The first-order valence-electron chi connectivity index (χ1n) is 11.8. The molecular formula is C29H24FN5OS. The summed E-state index contributed by atoms with van der Waals surface area (Å²) in [4.78, 5) is 16.7. The number of hydrogen-bond acceptors (Lipinski definition) is 5. The Labute approximate surface area is 218 Å². The van der Waals surface area contributed by atoms with Gasteiger partial charge < -0.3 is 5.32 Å². The van der Waals surface area contributed by atoms with E-state index >= 15 is 0 Å². The van der Waals surface area contributed by atoms with Gasteiger partial charge in [-0.05, 0) is 53.1 Å². The van der Waals surface area contributed by atoms with Crippen molar-refractivity contribution in [2.45, 2.75) is 23.9 Å². The molecule has 0 aliphatic heterocycles. The Bertz CT molecular complexity index is 1490. The number of para-hydroxylation sites is 1. The van der Waals surface area contributed by atoms with Crippen molar-refractivity contribution in [1.29, 1.82) is 0 Å². The van der Waals surface area contributed by atoms with Crippen LogP contribution in [0.4, 0.5) is 4.39 Å². The minimum atomic E-state index is -0.341. The Balaban J connectivity index is 1.34. The van der Waals surface area contributed by atoms with Crippen LogP contribution in [0.5, 0.6) is 0 Å². The summed E-state index contributed by atoms with van der Waals surface area (Å²) in [6, 6.07) is 27.7. The molecule has 2 heterocycles. The predicted molar refractivity (Wildman–Crippen MR) is 142 cm³/mol. The zero-order valence-electron chi connectivity index (χ0n) is 19.9. The van der Waals surface area contributed by atoms with E-state index in [9.17, 15) is 9.18 Å². The van der Waals surface area contributed by atoms with E-state index < -0.39 is 0 Å². The largest absolute Gasteiger partial charge is 0.348 e. The average molecular weight is 510 g/mol. The Morgan fingerprint density at radius 2 is 1.59 bits per heavy atom. The number of carbonyl (C=O) groups is 1. The molecule has 1 amide bonds. The summed E-state index contributed by atoms with van der Waals surface area (Å²) in [6.45, 7) is 0.427. The third kappa shape index (κ3) is 6.10. The van der Waals surface area contributed by atoms with Gasteiger partial charge in [0.25, 0.3) is 5.91 Å². The minimum absolute atomic E-state index is 0.150. The maximum Gasteiger partial charge on any atom is 0.251 e. The van der Waals surface area contributed by atoms with Crippen molar-refractivity contribution in [3.63, 3.8) is 0 Å². The van der Waals surface area contributed by atoms with Gasteiger partial charge in [-0.3, -0.25) is 14.3 Å². The lowest BCUT2D eigenvalue weighted by Gasteiger charge is -2.12. The van der Waals surface area contributed by atoms with E-state index in [4.69, 9.17) is 0 Å². The Morgan fingerprint density at radius 1 is 0.838 bits per heavy atom.